The first-order valence-corrected chi connectivity index (χ1v) is 5.76. The fourth-order valence-corrected chi connectivity index (χ4v) is 1.57. The number of benzene rings is 1. The Bertz CT molecular complexity index is 327. The number of carbonyl (C=O) groups is 1. The number of amides is 1. The molecule has 0 fully saturated rings. The zero-order valence-electron chi connectivity index (χ0n) is 7.43. The molecule has 1 amide bonds. The molecule has 2 nitrogen and oxygen atoms in total. The molecule has 0 aromatic heterocycles. The molecule has 0 bridgehead atoms. The quantitative estimate of drug-likeness (QED) is 0.828. The van der Waals surface area contributed by atoms with Crippen molar-refractivity contribution in [2.45, 2.75) is 6.92 Å². The summed E-state index contributed by atoms with van der Waals surface area (Å²) >= 11 is 4.68. The molecule has 1 aromatic carbocycles. The Morgan fingerprint density at radius 2 is 2.23 bits per heavy atom. The molecule has 1 aromatic rings. The van der Waals surface area contributed by atoms with Gasteiger partial charge in [-0.25, -0.2) is 0 Å². The number of nitrogens with one attached hydrogen (secondary N) is 1. The van der Waals surface area contributed by atoms with Crippen molar-refractivity contribution in [1.82, 2.24) is 4.72 Å². The van der Waals surface area contributed by atoms with Crippen molar-refractivity contribution in [2.24, 2.45) is 0 Å². The first-order valence-electron chi connectivity index (χ1n) is 3.74. The molecule has 0 aliphatic carbocycles. The van der Waals surface area contributed by atoms with Gasteiger partial charge >= 0.3 is 0 Å². The molecule has 0 saturated heterocycles. The molecular formula is C9H10BrNOS. The molecule has 0 unspecified atom stereocenters. The summed E-state index contributed by atoms with van der Waals surface area (Å²) in [7, 11) is 0. The number of aryl methyl sites for hydroxylation is 1. The second kappa shape index (κ2) is 4.67. The van der Waals surface area contributed by atoms with E-state index in [-0.39, 0.29) is 5.91 Å². The average Bonchev–Trinajstić information content (AvgIpc) is 2.10. The molecule has 0 saturated carbocycles. The first-order chi connectivity index (χ1) is 6.15. The smallest absolute Gasteiger partial charge is 0.261 e. The van der Waals surface area contributed by atoms with E-state index in [1.165, 1.54) is 11.9 Å². The third kappa shape index (κ3) is 2.74. The molecule has 0 aliphatic heterocycles. The van der Waals surface area contributed by atoms with Gasteiger partial charge < -0.3 is 0 Å². The van der Waals surface area contributed by atoms with Crippen molar-refractivity contribution in [1.29, 1.82) is 0 Å². The van der Waals surface area contributed by atoms with Crippen LogP contribution in [0.2, 0.25) is 0 Å². The van der Waals surface area contributed by atoms with Crippen molar-refractivity contribution < 1.29 is 4.79 Å². The lowest BCUT2D eigenvalue weighted by Crippen LogP contribution is -2.14. The predicted molar refractivity (Wildman–Crippen MR) is 59.9 cm³/mol. The molecule has 4 heteroatoms. The van der Waals surface area contributed by atoms with Crippen LogP contribution in [0.15, 0.2) is 22.7 Å². The molecule has 1 rings (SSSR count). The third-order valence-corrected chi connectivity index (χ3v) is 2.87. The van der Waals surface area contributed by atoms with Crippen LogP contribution in [0.4, 0.5) is 0 Å². The van der Waals surface area contributed by atoms with Crippen LogP contribution < -0.4 is 4.72 Å². The van der Waals surface area contributed by atoms with Crippen molar-refractivity contribution in [2.75, 3.05) is 6.26 Å². The molecular weight excluding hydrogens is 250 g/mol. The van der Waals surface area contributed by atoms with Gasteiger partial charge in [-0.3, -0.25) is 9.52 Å². The third-order valence-electron chi connectivity index (χ3n) is 1.63. The minimum Gasteiger partial charge on any atom is -0.296 e. The average molecular weight is 260 g/mol. The molecule has 0 radical (unpaired) electrons. The summed E-state index contributed by atoms with van der Waals surface area (Å²) in [6.45, 7) is 1.99. The largest absolute Gasteiger partial charge is 0.296 e. The molecule has 0 spiro atoms. The summed E-state index contributed by atoms with van der Waals surface area (Å²) in [6, 6.07) is 5.55. The van der Waals surface area contributed by atoms with Crippen molar-refractivity contribution in [3.8, 4) is 0 Å². The van der Waals surface area contributed by atoms with Crippen LogP contribution in [0.25, 0.3) is 0 Å². The van der Waals surface area contributed by atoms with Gasteiger partial charge in [0.25, 0.3) is 5.91 Å². The van der Waals surface area contributed by atoms with Gasteiger partial charge in [-0.15, -0.1) is 0 Å². The van der Waals surface area contributed by atoms with Gasteiger partial charge in [0.05, 0.1) is 0 Å². The van der Waals surface area contributed by atoms with Gasteiger partial charge in [-0.1, -0.05) is 33.9 Å². The number of hydrogen-bond acceptors (Lipinski definition) is 2. The molecule has 0 atom stereocenters. The number of carbonyl (C=O) groups excluding carboxylic acids is 1. The molecule has 1 N–H and O–H groups in total. The second-order valence-electron chi connectivity index (χ2n) is 2.60. The van der Waals surface area contributed by atoms with E-state index in [1.807, 2.05) is 31.4 Å². The maximum absolute atomic E-state index is 11.4. The van der Waals surface area contributed by atoms with Crippen molar-refractivity contribution in [3.63, 3.8) is 0 Å². The normalized spacial score (nSPS) is 9.77. The minimum absolute atomic E-state index is 0.0619. The highest BCUT2D eigenvalue weighted by Crippen LogP contribution is 2.17. The lowest BCUT2D eigenvalue weighted by Gasteiger charge is -2.03. The topological polar surface area (TPSA) is 29.1 Å². The van der Waals surface area contributed by atoms with Crippen LogP contribution in [0.5, 0.6) is 0 Å². The van der Waals surface area contributed by atoms with Gasteiger partial charge in [0.2, 0.25) is 0 Å². The van der Waals surface area contributed by atoms with E-state index in [0.29, 0.717) is 5.56 Å². The van der Waals surface area contributed by atoms with Gasteiger partial charge in [0.1, 0.15) is 0 Å². The number of rotatable bonds is 2. The van der Waals surface area contributed by atoms with Gasteiger partial charge in [0, 0.05) is 16.3 Å². The van der Waals surface area contributed by atoms with Crippen LogP contribution in [-0.2, 0) is 0 Å². The van der Waals surface area contributed by atoms with Crippen molar-refractivity contribution in [3.05, 3.63) is 33.8 Å². The van der Waals surface area contributed by atoms with E-state index in [2.05, 4.69) is 20.7 Å². The highest BCUT2D eigenvalue weighted by atomic mass is 79.9. The zero-order valence-corrected chi connectivity index (χ0v) is 9.83. The maximum Gasteiger partial charge on any atom is 0.261 e. The monoisotopic (exact) mass is 259 g/mol. The van der Waals surface area contributed by atoms with Crippen LogP contribution >= 0.6 is 27.9 Å². The van der Waals surface area contributed by atoms with Gasteiger partial charge in [-0.05, 0) is 24.6 Å². The summed E-state index contributed by atoms with van der Waals surface area (Å²) in [5.41, 5.74) is 1.80. The number of hydrogen-bond donors (Lipinski definition) is 1. The lowest BCUT2D eigenvalue weighted by atomic mass is 10.1. The van der Waals surface area contributed by atoms with Crippen LogP contribution in [0.3, 0.4) is 0 Å². The highest BCUT2D eigenvalue weighted by molar-refractivity contribution is 9.10. The molecule has 0 aliphatic rings. The predicted octanol–water partition coefficient (Wildman–Crippen LogP) is 2.77. The molecule has 13 heavy (non-hydrogen) atoms. The lowest BCUT2D eigenvalue weighted by molar-refractivity contribution is 0.0984. The van der Waals surface area contributed by atoms with E-state index >= 15 is 0 Å². The Morgan fingerprint density at radius 3 is 2.77 bits per heavy atom. The standard InChI is InChI=1S/C9H10BrNOS/c1-6-3-4-7(5-8(6)10)9(12)11-13-2/h3-5H,1-2H3,(H,11,12). The van der Waals surface area contributed by atoms with E-state index in [0.717, 1.165) is 10.0 Å². The van der Waals surface area contributed by atoms with Crippen molar-refractivity contribution >= 4 is 33.8 Å². The second-order valence-corrected chi connectivity index (χ2v) is 4.07. The highest BCUT2D eigenvalue weighted by Gasteiger charge is 2.05. The first kappa shape index (κ1) is 10.6. The summed E-state index contributed by atoms with van der Waals surface area (Å²) in [5.74, 6) is -0.0619. The summed E-state index contributed by atoms with van der Waals surface area (Å²) in [5, 5.41) is 0. The Labute approximate surface area is 90.4 Å². The van der Waals surface area contributed by atoms with E-state index in [1.54, 1.807) is 0 Å². The van der Waals surface area contributed by atoms with Crippen LogP contribution in [-0.4, -0.2) is 12.2 Å². The van der Waals surface area contributed by atoms with Gasteiger partial charge in [-0.2, -0.15) is 0 Å². The SMILES string of the molecule is CSNC(=O)c1ccc(C)c(Br)c1. The fraction of sp³-hybridized carbons (Fsp3) is 0.222. The number of halogens is 1. The summed E-state index contributed by atoms with van der Waals surface area (Å²) in [4.78, 5) is 11.4. The zero-order chi connectivity index (χ0) is 9.84. The van der Waals surface area contributed by atoms with E-state index in [9.17, 15) is 4.79 Å². The van der Waals surface area contributed by atoms with Gasteiger partial charge in [0.15, 0.2) is 0 Å². The van der Waals surface area contributed by atoms with Crippen LogP contribution in [0.1, 0.15) is 15.9 Å². The maximum atomic E-state index is 11.4. The van der Waals surface area contributed by atoms with E-state index < -0.39 is 0 Å². The Balaban J connectivity index is 2.90. The Kier molecular flexibility index (Phi) is 3.81. The molecule has 0 heterocycles. The summed E-state index contributed by atoms with van der Waals surface area (Å²) < 4.78 is 3.62. The minimum atomic E-state index is -0.0619. The molecule has 70 valence electrons. The fourth-order valence-electron chi connectivity index (χ4n) is 0.886. The summed E-state index contributed by atoms with van der Waals surface area (Å²) in [6.07, 6.45) is 1.82. The Hall–Kier alpha value is -0.480. The van der Waals surface area contributed by atoms with E-state index in [4.69, 9.17) is 0 Å². The Morgan fingerprint density at radius 1 is 1.54 bits per heavy atom. The van der Waals surface area contributed by atoms with Crippen LogP contribution in [0, 0.1) is 6.92 Å².